The van der Waals surface area contributed by atoms with Gasteiger partial charge in [0.2, 0.25) is 0 Å². The molecule has 5 heteroatoms. The molecule has 0 radical (unpaired) electrons. The van der Waals surface area contributed by atoms with E-state index < -0.39 is 0 Å². The van der Waals surface area contributed by atoms with Crippen molar-refractivity contribution in [2.24, 2.45) is 0 Å². The van der Waals surface area contributed by atoms with Crippen LogP contribution in [0.2, 0.25) is 0 Å². The summed E-state index contributed by atoms with van der Waals surface area (Å²) in [4.78, 5) is 9.05. The zero-order valence-corrected chi connectivity index (χ0v) is 9.32. The Hall–Kier alpha value is -1.49. The zero-order valence-electron chi connectivity index (χ0n) is 9.32. The van der Waals surface area contributed by atoms with Gasteiger partial charge in [-0.05, 0) is 32.9 Å². The van der Waals surface area contributed by atoms with E-state index in [-0.39, 0.29) is 0 Å². The second-order valence-corrected chi connectivity index (χ2v) is 4.33. The molecule has 1 fully saturated rings. The fraction of sp³-hybridized carbons (Fsp3) is 0.545. The van der Waals surface area contributed by atoms with Crippen molar-refractivity contribution < 1.29 is 0 Å². The van der Waals surface area contributed by atoms with Crippen molar-refractivity contribution in [2.45, 2.75) is 25.7 Å². The summed E-state index contributed by atoms with van der Waals surface area (Å²) in [6.45, 7) is 4.13. The Bertz CT molecular complexity index is 498. The molecule has 0 unspecified atom stereocenters. The van der Waals surface area contributed by atoms with Gasteiger partial charge in [0.05, 0.1) is 11.9 Å². The Morgan fingerprint density at radius 3 is 2.94 bits per heavy atom. The number of aryl methyl sites for hydroxylation is 1. The first kappa shape index (κ1) is 9.72. The molecular formula is C11H15N5. The molecule has 5 nitrogen and oxygen atoms in total. The van der Waals surface area contributed by atoms with Crippen molar-refractivity contribution in [3.05, 3.63) is 17.7 Å². The van der Waals surface area contributed by atoms with Crippen LogP contribution in [0.15, 0.2) is 6.20 Å². The van der Waals surface area contributed by atoms with Gasteiger partial charge in [-0.2, -0.15) is 5.10 Å². The Morgan fingerprint density at radius 2 is 2.12 bits per heavy atom. The maximum atomic E-state index is 4.63. The van der Waals surface area contributed by atoms with Crippen molar-refractivity contribution in [3.63, 3.8) is 0 Å². The van der Waals surface area contributed by atoms with E-state index in [1.807, 2.05) is 13.1 Å². The van der Waals surface area contributed by atoms with E-state index in [0.29, 0.717) is 5.92 Å². The minimum Gasteiger partial charge on any atom is -0.317 e. The average Bonchev–Trinajstić information content (AvgIpc) is 2.72. The molecule has 0 atom stereocenters. The molecule has 2 aromatic rings. The predicted octanol–water partition coefficient (Wildman–Crippen LogP) is 1.13. The molecule has 84 valence electrons. The Balaban J connectivity index is 1.99. The molecule has 0 amide bonds. The smallest absolute Gasteiger partial charge is 0.132 e. The van der Waals surface area contributed by atoms with Crippen LogP contribution in [-0.4, -0.2) is 33.3 Å². The van der Waals surface area contributed by atoms with Crippen LogP contribution in [0.4, 0.5) is 0 Å². The number of nitrogens with zero attached hydrogens (tertiary/aromatic N) is 3. The first-order chi connectivity index (χ1) is 7.84. The lowest BCUT2D eigenvalue weighted by Crippen LogP contribution is -2.27. The van der Waals surface area contributed by atoms with Crippen LogP contribution >= 0.6 is 0 Å². The van der Waals surface area contributed by atoms with Gasteiger partial charge < -0.3 is 5.32 Å². The largest absolute Gasteiger partial charge is 0.317 e. The molecule has 3 rings (SSSR count). The first-order valence-electron chi connectivity index (χ1n) is 5.73. The van der Waals surface area contributed by atoms with E-state index in [0.717, 1.165) is 48.5 Å². The minimum atomic E-state index is 0.500. The first-order valence-corrected chi connectivity index (χ1v) is 5.73. The number of rotatable bonds is 1. The molecule has 1 aliphatic heterocycles. The van der Waals surface area contributed by atoms with E-state index >= 15 is 0 Å². The maximum Gasteiger partial charge on any atom is 0.132 e. The van der Waals surface area contributed by atoms with Crippen LogP contribution in [0.5, 0.6) is 0 Å². The molecular weight excluding hydrogens is 202 g/mol. The molecule has 16 heavy (non-hydrogen) atoms. The lowest BCUT2D eigenvalue weighted by molar-refractivity contribution is 0.446. The van der Waals surface area contributed by atoms with Crippen LogP contribution < -0.4 is 5.32 Å². The van der Waals surface area contributed by atoms with Crippen molar-refractivity contribution in [1.82, 2.24) is 25.5 Å². The maximum absolute atomic E-state index is 4.63. The number of aromatic amines is 1. The summed E-state index contributed by atoms with van der Waals surface area (Å²) in [6, 6.07) is 0. The molecule has 1 aliphatic rings. The number of fused-ring (bicyclic) bond motifs is 1. The molecule has 0 aromatic carbocycles. The van der Waals surface area contributed by atoms with E-state index in [2.05, 4.69) is 25.5 Å². The van der Waals surface area contributed by atoms with Gasteiger partial charge in [0.15, 0.2) is 0 Å². The van der Waals surface area contributed by atoms with Crippen LogP contribution in [0.25, 0.3) is 11.0 Å². The third kappa shape index (κ3) is 1.57. The van der Waals surface area contributed by atoms with E-state index in [9.17, 15) is 0 Å². The molecule has 0 aliphatic carbocycles. The summed E-state index contributed by atoms with van der Waals surface area (Å²) in [5.41, 5.74) is 2.84. The van der Waals surface area contributed by atoms with Gasteiger partial charge in [0.1, 0.15) is 16.9 Å². The molecule has 0 saturated carbocycles. The van der Waals surface area contributed by atoms with Gasteiger partial charge in [-0.3, -0.25) is 5.10 Å². The second-order valence-electron chi connectivity index (χ2n) is 4.33. The number of nitrogens with one attached hydrogen (secondary N) is 2. The van der Waals surface area contributed by atoms with E-state index in [1.54, 1.807) is 0 Å². The highest BCUT2D eigenvalue weighted by Gasteiger charge is 2.18. The summed E-state index contributed by atoms with van der Waals surface area (Å²) in [5.74, 6) is 1.47. The summed E-state index contributed by atoms with van der Waals surface area (Å²) >= 11 is 0. The highest BCUT2D eigenvalue weighted by molar-refractivity contribution is 5.75. The number of aromatic nitrogens is 4. The Labute approximate surface area is 93.7 Å². The van der Waals surface area contributed by atoms with Crippen molar-refractivity contribution in [2.75, 3.05) is 13.1 Å². The predicted molar refractivity (Wildman–Crippen MR) is 61.3 cm³/mol. The molecule has 0 bridgehead atoms. The van der Waals surface area contributed by atoms with Crippen LogP contribution in [0.1, 0.15) is 30.3 Å². The number of piperidine rings is 1. The normalized spacial score (nSPS) is 18.1. The fourth-order valence-electron chi connectivity index (χ4n) is 2.22. The van der Waals surface area contributed by atoms with Gasteiger partial charge in [-0.1, -0.05) is 0 Å². The second kappa shape index (κ2) is 3.83. The van der Waals surface area contributed by atoms with Crippen LogP contribution in [-0.2, 0) is 0 Å². The topological polar surface area (TPSA) is 66.5 Å². The quantitative estimate of drug-likeness (QED) is 0.751. The standard InChI is InChI=1S/C11H15N5/c1-7-10-9(16-15-7)6-13-11(14-10)8-2-4-12-5-3-8/h6,8,12H,2-5H2,1H3,(H,15,16). The van der Waals surface area contributed by atoms with Gasteiger partial charge in [0.25, 0.3) is 0 Å². The Kier molecular flexibility index (Phi) is 2.32. The van der Waals surface area contributed by atoms with Gasteiger partial charge >= 0.3 is 0 Å². The third-order valence-electron chi connectivity index (χ3n) is 3.19. The van der Waals surface area contributed by atoms with Crippen LogP contribution in [0, 0.1) is 6.92 Å². The van der Waals surface area contributed by atoms with Crippen molar-refractivity contribution in [3.8, 4) is 0 Å². The third-order valence-corrected chi connectivity index (χ3v) is 3.19. The lowest BCUT2D eigenvalue weighted by Gasteiger charge is -2.20. The van der Waals surface area contributed by atoms with Gasteiger partial charge in [-0.25, -0.2) is 9.97 Å². The minimum absolute atomic E-state index is 0.500. The number of H-pyrrole nitrogens is 1. The summed E-state index contributed by atoms with van der Waals surface area (Å²) in [5, 5.41) is 10.4. The summed E-state index contributed by atoms with van der Waals surface area (Å²) in [6.07, 6.45) is 4.08. The van der Waals surface area contributed by atoms with Gasteiger partial charge in [-0.15, -0.1) is 0 Å². The number of hydrogen-bond donors (Lipinski definition) is 2. The zero-order chi connectivity index (χ0) is 11.0. The highest BCUT2D eigenvalue weighted by Crippen LogP contribution is 2.23. The molecule has 0 spiro atoms. The molecule has 3 heterocycles. The lowest BCUT2D eigenvalue weighted by atomic mass is 9.97. The number of hydrogen-bond acceptors (Lipinski definition) is 4. The van der Waals surface area contributed by atoms with Crippen molar-refractivity contribution >= 4 is 11.0 Å². The summed E-state index contributed by atoms with van der Waals surface area (Å²) < 4.78 is 0. The molecule has 2 aromatic heterocycles. The SMILES string of the molecule is Cc1[nH]nc2cnc(C3CCNCC3)nc12. The monoisotopic (exact) mass is 217 g/mol. The van der Waals surface area contributed by atoms with E-state index in [1.165, 1.54) is 0 Å². The van der Waals surface area contributed by atoms with Crippen LogP contribution in [0.3, 0.4) is 0 Å². The highest BCUT2D eigenvalue weighted by atomic mass is 15.1. The Morgan fingerprint density at radius 1 is 1.31 bits per heavy atom. The average molecular weight is 217 g/mol. The van der Waals surface area contributed by atoms with Gasteiger partial charge in [0, 0.05) is 5.92 Å². The van der Waals surface area contributed by atoms with Crippen molar-refractivity contribution in [1.29, 1.82) is 0 Å². The fourth-order valence-corrected chi connectivity index (χ4v) is 2.22. The summed E-state index contributed by atoms with van der Waals surface area (Å²) in [7, 11) is 0. The molecule has 1 saturated heterocycles. The molecule has 2 N–H and O–H groups in total. The van der Waals surface area contributed by atoms with E-state index in [4.69, 9.17) is 0 Å².